The van der Waals surface area contributed by atoms with Crippen LogP contribution in [-0.4, -0.2) is 11.6 Å². The zero-order chi connectivity index (χ0) is 11.4. The van der Waals surface area contributed by atoms with Gasteiger partial charge in [-0.1, -0.05) is 24.3 Å². The van der Waals surface area contributed by atoms with E-state index in [9.17, 15) is 4.79 Å². The SMILES string of the molecule is Nc1ccccc1C=CC1=NNC(=O)CC1. The van der Waals surface area contributed by atoms with Crippen LogP contribution >= 0.6 is 0 Å². The van der Waals surface area contributed by atoms with Crippen LogP contribution in [0.1, 0.15) is 18.4 Å². The largest absolute Gasteiger partial charge is 0.398 e. The van der Waals surface area contributed by atoms with E-state index < -0.39 is 0 Å². The van der Waals surface area contributed by atoms with Crippen LogP contribution in [0.5, 0.6) is 0 Å². The van der Waals surface area contributed by atoms with Gasteiger partial charge in [-0.05, 0) is 17.7 Å². The number of hydrogen-bond acceptors (Lipinski definition) is 3. The molecule has 0 radical (unpaired) electrons. The molecular weight excluding hydrogens is 202 g/mol. The minimum absolute atomic E-state index is 0.0311. The number of amides is 1. The molecule has 1 amide bonds. The molecule has 0 saturated carbocycles. The van der Waals surface area contributed by atoms with Gasteiger partial charge in [-0.15, -0.1) is 0 Å². The molecule has 0 spiro atoms. The average Bonchev–Trinajstić information content (AvgIpc) is 2.30. The average molecular weight is 215 g/mol. The number of rotatable bonds is 2. The molecule has 0 aliphatic carbocycles. The molecule has 1 aliphatic rings. The minimum Gasteiger partial charge on any atom is -0.398 e. The van der Waals surface area contributed by atoms with Gasteiger partial charge in [0, 0.05) is 18.5 Å². The number of nitrogens with one attached hydrogen (secondary N) is 1. The van der Waals surface area contributed by atoms with Crippen LogP contribution in [-0.2, 0) is 4.79 Å². The number of nitrogen functional groups attached to an aromatic ring is 1. The fourth-order valence-electron chi connectivity index (χ4n) is 1.46. The predicted octanol–water partition coefficient (Wildman–Crippen LogP) is 1.55. The Labute approximate surface area is 93.8 Å². The molecule has 1 aliphatic heterocycles. The van der Waals surface area contributed by atoms with Gasteiger partial charge in [-0.2, -0.15) is 5.10 Å². The van der Waals surface area contributed by atoms with E-state index in [1.165, 1.54) is 0 Å². The summed E-state index contributed by atoms with van der Waals surface area (Å²) in [6, 6.07) is 7.61. The Morgan fingerprint density at radius 2 is 2.06 bits per heavy atom. The first-order valence-corrected chi connectivity index (χ1v) is 5.14. The van der Waals surface area contributed by atoms with Gasteiger partial charge in [0.25, 0.3) is 0 Å². The van der Waals surface area contributed by atoms with Gasteiger partial charge in [0.05, 0.1) is 5.71 Å². The molecule has 0 saturated heterocycles. The third-order valence-corrected chi connectivity index (χ3v) is 2.38. The van der Waals surface area contributed by atoms with Crippen LogP contribution in [0.25, 0.3) is 6.08 Å². The maximum atomic E-state index is 10.9. The molecule has 16 heavy (non-hydrogen) atoms. The highest BCUT2D eigenvalue weighted by molar-refractivity contribution is 6.02. The van der Waals surface area contributed by atoms with E-state index in [4.69, 9.17) is 5.73 Å². The predicted molar refractivity (Wildman–Crippen MR) is 64.7 cm³/mol. The highest BCUT2D eigenvalue weighted by atomic mass is 16.2. The smallest absolute Gasteiger partial charge is 0.240 e. The molecule has 0 unspecified atom stereocenters. The van der Waals surface area contributed by atoms with E-state index in [1.807, 2.05) is 36.4 Å². The van der Waals surface area contributed by atoms with E-state index in [1.54, 1.807) is 0 Å². The van der Waals surface area contributed by atoms with E-state index in [-0.39, 0.29) is 5.91 Å². The minimum atomic E-state index is -0.0311. The zero-order valence-electron chi connectivity index (χ0n) is 8.81. The molecule has 4 heteroatoms. The van der Waals surface area contributed by atoms with Gasteiger partial charge in [0.15, 0.2) is 0 Å². The molecule has 82 valence electrons. The van der Waals surface area contributed by atoms with Crippen molar-refractivity contribution in [1.82, 2.24) is 5.43 Å². The maximum absolute atomic E-state index is 10.9. The molecule has 0 atom stereocenters. The van der Waals surface area contributed by atoms with Gasteiger partial charge in [0.2, 0.25) is 5.91 Å². The molecule has 0 aromatic heterocycles. The second-order valence-electron chi connectivity index (χ2n) is 3.60. The number of para-hydroxylation sites is 1. The van der Waals surface area contributed by atoms with E-state index >= 15 is 0 Å². The molecule has 2 rings (SSSR count). The third-order valence-electron chi connectivity index (χ3n) is 2.38. The summed E-state index contributed by atoms with van der Waals surface area (Å²) in [5, 5.41) is 3.94. The van der Waals surface area contributed by atoms with E-state index in [0.717, 1.165) is 17.0 Å². The van der Waals surface area contributed by atoms with Crippen LogP contribution < -0.4 is 11.2 Å². The Morgan fingerprint density at radius 1 is 1.25 bits per heavy atom. The van der Waals surface area contributed by atoms with E-state index in [0.29, 0.717) is 12.8 Å². The first-order valence-electron chi connectivity index (χ1n) is 5.14. The number of allylic oxidation sites excluding steroid dienone is 1. The van der Waals surface area contributed by atoms with Crippen molar-refractivity contribution in [3.05, 3.63) is 35.9 Å². The lowest BCUT2D eigenvalue weighted by atomic mass is 10.1. The second-order valence-corrected chi connectivity index (χ2v) is 3.60. The summed E-state index contributed by atoms with van der Waals surface area (Å²) in [5.41, 5.74) is 10.8. The quantitative estimate of drug-likeness (QED) is 0.735. The molecule has 0 fully saturated rings. The summed E-state index contributed by atoms with van der Waals surface area (Å²) < 4.78 is 0. The Balaban J connectivity index is 2.10. The number of carbonyl (C=O) groups excluding carboxylic acids is 1. The fraction of sp³-hybridized carbons (Fsp3) is 0.167. The summed E-state index contributed by atoms with van der Waals surface area (Å²) in [5.74, 6) is -0.0311. The fourth-order valence-corrected chi connectivity index (χ4v) is 1.46. The third kappa shape index (κ3) is 2.48. The monoisotopic (exact) mass is 215 g/mol. The first kappa shape index (κ1) is 10.4. The number of anilines is 1. The Hall–Kier alpha value is -2.10. The Morgan fingerprint density at radius 3 is 2.75 bits per heavy atom. The highest BCUT2D eigenvalue weighted by Gasteiger charge is 2.08. The van der Waals surface area contributed by atoms with Gasteiger partial charge in [0.1, 0.15) is 0 Å². The highest BCUT2D eigenvalue weighted by Crippen LogP contribution is 2.13. The lowest BCUT2D eigenvalue weighted by Gasteiger charge is -2.08. The summed E-state index contributed by atoms with van der Waals surface area (Å²) in [6.07, 6.45) is 4.96. The van der Waals surface area contributed by atoms with Crippen molar-refractivity contribution in [1.29, 1.82) is 0 Å². The lowest BCUT2D eigenvalue weighted by molar-refractivity contribution is -0.121. The summed E-state index contributed by atoms with van der Waals surface area (Å²) in [6.45, 7) is 0. The Bertz CT molecular complexity index is 463. The molecule has 1 aromatic rings. The topological polar surface area (TPSA) is 67.5 Å². The normalized spacial score (nSPS) is 16.0. The summed E-state index contributed by atoms with van der Waals surface area (Å²) in [7, 11) is 0. The van der Waals surface area contributed by atoms with Crippen LogP contribution in [0.3, 0.4) is 0 Å². The van der Waals surface area contributed by atoms with Crippen molar-refractivity contribution >= 4 is 23.4 Å². The van der Waals surface area contributed by atoms with Gasteiger partial charge >= 0.3 is 0 Å². The molecule has 4 nitrogen and oxygen atoms in total. The molecule has 1 aromatic carbocycles. The van der Waals surface area contributed by atoms with Gasteiger partial charge < -0.3 is 5.73 Å². The molecular formula is C12H13N3O. The van der Waals surface area contributed by atoms with Gasteiger partial charge in [-0.3, -0.25) is 4.79 Å². The van der Waals surface area contributed by atoms with Crippen molar-refractivity contribution in [2.75, 3.05) is 5.73 Å². The standard InChI is InChI=1S/C12H13N3O/c13-11-4-2-1-3-9(11)5-6-10-7-8-12(16)15-14-10/h1-6H,7-8,13H2,(H,15,16). The number of hydrogen-bond donors (Lipinski definition) is 2. The Kier molecular flexibility index (Phi) is 3.00. The number of carbonyl (C=O) groups is 1. The maximum Gasteiger partial charge on any atom is 0.240 e. The summed E-state index contributed by atoms with van der Waals surface area (Å²) >= 11 is 0. The van der Waals surface area contributed by atoms with Crippen molar-refractivity contribution in [2.24, 2.45) is 5.10 Å². The second kappa shape index (κ2) is 4.61. The van der Waals surface area contributed by atoms with Crippen LogP contribution in [0, 0.1) is 0 Å². The van der Waals surface area contributed by atoms with Crippen molar-refractivity contribution < 1.29 is 4.79 Å². The summed E-state index contributed by atoms with van der Waals surface area (Å²) in [4.78, 5) is 10.9. The van der Waals surface area contributed by atoms with Crippen LogP contribution in [0.15, 0.2) is 35.4 Å². The van der Waals surface area contributed by atoms with Crippen molar-refractivity contribution in [3.8, 4) is 0 Å². The van der Waals surface area contributed by atoms with Crippen LogP contribution in [0.4, 0.5) is 5.69 Å². The molecule has 1 heterocycles. The molecule has 3 N–H and O–H groups in total. The number of benzene rings is 1. The van der Waals surface area contributed by atoms with Crippen molar-refractivity contribution in [3.63, 3.8) is 0 Å². The van der Waals surface area contributed by atoms with Crippen molar-refractivity contribution in [2.45, 2.75) is 12.8 Å². The molecule has 0 bridgehead atoms. The zero-order valence-corrected chi connectivity index (χ0v) is 8.81. The first-order chi connectivity index (χ1) is 7.75. The number of hydrazone groups is 1. The van der Waals surface area contributed by atoms with E-state index in [2.05, 4.69) is 10.5 Å². The number of nitrogens with zero attached hydrogens (tertiary/aromatic N) is 1. The number of nitrogens with two attached hydrogens (primary N) is 1. The van der Waals surface area contributed by atoms with Gasteiger partial charge in [-0.25, -0.2) is 5.43 Å². The van der Waals surface area contributed by atoms with Crippen LogP contribution in [0.2, 0.25) is 0 Å². The lowest BCUT2D eigenvalue weighted by Crippen LogP contribution is -2.24.